The third-order valence-electron chi connectivity index (χ3n) is 2.68. The second-order valence-electron chi connectivity index (χ2n) is 3.97. The van der Waals surface area contributed by atoms with Gasteiger partial charge in [0.05, 0.1) is 0 Å². The Hall–Kier alpha value is -1.98. The first-order valence-corrected chi connectivity index (χ1v) is 6.60. The number of thiophene rings is 1. The Morgan fingerprint density at radius 3 is 2.79 bits per heavy atom. The van der Waals surface area contributed by atoms with Crippen molar-refractivity contribution in [3.8, 4) is 16.2 Å². The zero-order chi connectivity index (χ0) is 13.1. The molecule has 3 rings (SSSR count). The fourth-order valence-electron chi connectivity index (χ4n) is 1.77. The fraction of sp³-hybridized carbons (Fsp3) is 0.143. The molecular weight excluding hydrogens is 260 g/mol. The number of aromatic nitrogens is 2. The second kappa shape index (κ2) is 5.34. The summed E-state index contributed by atoms with van der Waals surface area (Å²) in [6.45, 7) is 0.262. The molecular formula is C14H12N2O2S. The van der Waals surface area contributed by atoms with E-state index in [1.165, 1.54) is 4.88 Å². The van der Waals surface area contributed by atoms with Gasteiger partial charge in [-0.15, -0.1) is 11.3 Å². The number of methoxy groups -OCH3 is 1. The van der Waals surface area contributed by atoms with Crippen molar-refractivity contribution < 1.29 is 9.47 Å². The summed E-state index contributed by atoms with van der Waals surface area (Å²) in [7, 11) is 1.60. The summed E-state index contributed by atoms with van der Waals surface area (Å²) in [6.07, 6.45) is 3.41. The van der Waals surface area contributed by atoms with Crippen LogP contribution in [0.5, 0.6) is 5.75 Å². The Balaban J connectivity index is 1.88. The van der Waals surface area contributed by atoms with E-state index >= 15 is 0 Å². The van der Waals surface area contributed by atoms with Crippen LogP contribution in [0, 0.1) is 0 Å². The Kier molecular flexibility index (Phi) is 3.39. The average Bonchev–Trinajstić information content (AvgIpc) is 2.89. The zero-order valence-corrected chi connectivity index (χ0v) is 11.2. The molecule has 0 saturated heterocycles. The van der Waals surface area contributed by atoms with Crippen LogP contribution >= 0.6 is 11.3 Å². The van der Waals surface area contributed by atoms with Crippen LogP contribution in [0.3, 0.4) is 0 Å². The van der Waals surface area contributed by atoms with E-state index in [2.05, 4.69) is 16.0 Å². The minimum atomic E-state index is 0.262. The van der Waals surface area contributed by atoms with Gasteiger partial charge in [-0.05, 0) is 35.9 Å². The van der Waals surface area contributed by atoms with Gasteiger partial charge in [0.15, 0.2) is 6.79 Å². The van der Waals surface area contributed by atoms with Gasteiger partial charge in [-0.3, -0.25) is 0 Å². The monoisotopic (exact) mass is 272 g/mol. The summed E-state index contributed by atoms with van der Waals surface area (Å²) in [6, 6.07) is 10.0. The summed E-state index contributed by atoms with van der Waals surface area (Å²) in [4.78, 5) is 10.5. The highest BCUT2D eigenvalue weighted by molar-refractivity contribution is 7.21. The van der Waals surface area contributed by atoms with Gasteiger partial charge in [0.1, 0.15) is 16.9 Å². The highest BCUT2D eigenvalue weighted by Crippen LogP contribution is 2.32. The topological polar surface area (TPSA) is 44.2 Å². The molecule has 0 aliphatic heterocycles. The van der Waals surface area contributed by atoms with Crippen molar-refractivity contribution in [2.24, 2.45) is 0 Å². The first-order chi connectivity index (χ1) is 9.36. The van der Waals surface area contributed by atoms with Gasteiger partial charge in [-0.25, -0.2) is 9.97 Å². The van der Waals surface area contributed by atoms with Crippen LogP contribution in [-0.4, -0.2) is 23.9 Å². The number of ether oxygens (including phenoxy) is 2. The maximum atomic E-state index is 5.36. The number of fused-ring (bicyclic) bond motifs is 1. The van der Waals surface area contributed by atoms with E-state index in [-0.39, 0.29) is 6.79 Å². The van der Waals surface area contributed by atoms with Crippen LogP contribution in [0.1, 0.15) is 0 Å². The number of hydrogen-bond acceptors (Lipinski definition) is 5. The SMILES string of the molecule is COCOc1ccc(-c2cc3cncnc3s2)cc1. The number of benzene rings is 1. The van der Waals surface area contributed by atoms with Gasteiger partial charge in [0.2, 0.25) is 0 Å². The number of nitrogens with zero attached hydrogens (tertiary/aromatic N) is 2. The quantitative estimate of drug-likeness (QED) is 0.683. The van der Waals surface area contributed by atoms with E-state index in [1.54, 1.807) is 24.8 Å². The molecule has 0 spiro atoms. The molecule has 96 valence electrons. The standard InChI is InChI=1S/C14H12N2O2S/c1-17-9-18-12-4-2-10(3-5-12)13-6-11-7-15-8-16-14(11)19-13/h2-8H,9H2,1H3. The molecule has 0 radical (unpaired) electrons. The van der Waals surface area contributed by atoms with Crippen LogP contribution < -0.4 is 4.74 Å². The van der Waals surface area contributed by atoms with Crippen molar-refractivity contribution in [2.75, 3.05) is 13.9 Å². The summed E-state index contributed by atoms with van der Waals surface area (Å²) in [5.41, 5.74) is 1.15. The van der Waals surface area contributed by atoms with Crippen molar-refractivity contribution in [3.05, 3.63) is 42.9 Å². The third-order valence-corrected chi connectivity index (χ3v) is 3.79. The molecule has 0 fully saturated rings. The highest BCUT2D eigenvalue weighted by atomic mass is 32.1. The molecule has 4 nitrogen and oxygen atoms in total. The van der Waals surface area contributed by atoms with E-state index in [4.69, 9.17) is 9.47 Å². The van der Waals surface area contributed by atoms with Gasteiger partial charge in [0.25, 0.3) is 0 Å². The molecule has 0 aliphatic rings. The zero-order valence-electron chi connectivity index (χ0n) is 10.4. The van der Waals surface area contributed by atoms with Gasteiger partial charge < -0.3 is 9.47 Å². The molecule has 0 aliphatic carbocycles. The molecule has 2 aromatic heterocycles. The summed E-state index contributed by atoms with van der Waals surface area (Å²) in [5, 5.41) is 1.07. The summed E-state index contributed by atoms with van der Waals surface area (Å²) in [5.74, 6) is 0.798. The van der Waals surface area contributed by atoms with Crippen LogP contribution in [-0.2, 0) is 4.74 Å². The molecule has 0 N–H and O–H groups in total. The second-order valence-corrected chi connectivity index (χ2v) is 5.00. The van der Waals surface area contributed by atoms with E-state index in [0.29, 0.717) is 0 Å². The molecule has 0 atom stereocenters. The predicted molar refractivity (Wildman–Crippen MR) is 75.4 cm³/mol. The van der Waals surface area contributed by atoms with Crippen LogP contribution in [0.25, 0.3) is 20.7 Å². The number of rotatable bonds is 4. The highest BCUT2D eigenvalue weighted by Gasteiger charge is 2.05. The molecule has 0 unspecified atom stereocenters. The van der Waals surface area contributed by atoms with Crippen LogP contribution in [0.2, 0.25) is 0 Å². The first-order valence-electron chi connectivity index (χ1n) is 5.78. The molecule has 0 bridgehead atoms. The Morgan fingerprint density at radius 1 is 1.21 bits per heavy atom. The van der Waals surface area contributed by atoms with E-state index < -0.39 is 0 Å². The van der Waals surface area contributed by atoms with Crippen molar-refractivity contribution in [1.29, 1.82) is 0 Å². The fourth-order valence-corrected chi connectivity index (χ4v) is 2.75. The lowest BCUT2D eigenvalue weighted by molar-refractivity contribution is 0.0511. The molecule has 0 saturated carbocycles. The van der Waals surface area contributed by atoms with Crippen molar-refractivity contribution in [1.82, 2.24) is 9.97 Å². The predicted octanol–water partition coefficient (Wildman–Crippen LogP) is 3.34. The summed E-state index contributed by atoms with van der Waals surface area (Å²) < 4.78 is 10.2. The molecule has 2 heterocycles. The van der Waals surface area contributed by atoms with Crippen LogP contribution in [0.4, 0.5) is 0 Å². The van der Waals surface area contributed by atoms with Gasteiger partial charge >= 0.3 is 0 Å². The average molecular weight is 272 g/mol. The molecule has 3 aromatic rings. The van der Waals surface area contributed by atoms with Gasteiger partial charge in [-0.1, -0.05) is 0 Å². The first kappa shape index (κ1) is 12.1. The third kappa shape index (κ3) is 2.57. The Labute approximate surface area is 114 Å². The van der Waals surface area contributed by atoms with E-state index in [1.807, 2.05) is 30.5 Å². The maximum Gasteiger partial charge on any atom is 0.188 e. The lowest BCUT2D eigenvalue weighted by Gasteiger charge is -2.04. The largest absolute Gasteiger partial charge is 0.468 e. The Bertz CT molecular complexity index is 646. The van der Waals surface area contributed by atoms with E-state index in [0.717, 1.165) is 21.5 Å². The van der Waals surface area contributed by atoms with Crippen molar-refractivity contribution >= 4 is 21.6 Å². The molecule has 19 heavy (non-hydrogen) atoms. The van der Waals surface area contributed by atoms with Gasteiger partial charge in [0, 0.05) is 23.6 Å². The molecule has 0 amide bonds. The number of hydrogen-bond donors (Lipinski definition) is 0. The maximum absolute atomic E-state index is 5.36. The normalized spacial score (nSPS) is 10.8. The molecule has 1 aromatic carbocycles. The van der Waals surface area contributed by atoms with Crippen LogP contribution in [0.15, 0.2) is 42.9 Å². The smallest absolute Gasteiger partial charge is 0.188 e. The molecule has 5 heteroatoms. The lowest BCUT2D eigenvalue weighted by atomic mass is 10.2. The lowest BCUT2D eigenvalue weighted by Crippen LogP contribution is -1.98. The van der Waals surface area contributed by atoms with Crippen molar-refractivity contribution in [2.45, 2.75) is 0 Å². The Morgan fingerprint density at radius 2 is 2.05 bits per heavy atom. The minimum Gasteiger partial charge on any atom is -0.468 e. The summed E-state index contributed by atoms with van der Waals surface area (Å²) >= 11 is 1.66. The van der Waals surface area contributed by atoms with E-state index in [9.17, 15) is 0 Å². The van der Waals surface area contributed by atoms with Crippen molar-refractivity contribution in [3.63, 3.8) is 0 Å². The van der Waals surface area contributed by atoms with Gasteiger partial charge in [-0.2, -0.15) is 0 Å². The minimum absolute atomic E-state index is 0.262.